The minimum absolute atomic E-state index is 0.0330. The minimum atomic E-state index is -2.21. The van der Waals surface area contributed by atoms with Gasteiger partial charge in [-0.2, -0.15) is 0 Å². The molecular weight excluding hydrogens is 678 g/mol. The molecule has 0 aromatic carbocycles. The highest BCUT2D eigenvalue weighted by atomic mass is 16.8. The smallest absolute Gasteiger partial charge is 0.335 e. The predicted octanol–water partition coefficient (Wildman–Crippen LogP) is -9.67. The van der Waals surface area contributed by atoms with E-state index in [0.717, 1.165) is 0 Å². The van der Waals surface area contributed by atoms with Crippen molar-refractivity contribution in [3.05, 3.63) is 0 Å². The van der Waals surface area contributed by atoms with Gasteiger partial charge in [0.15, 0.2) is 31.3 Å². The fourth-order valence-corrected chi connectivity index (χ4v) is 5.82. The molecule has 0 spiro atoms. The number of carboxylic acid groups (broad SMARTS) is 1. The van der Waals surface area contributed by atoms with Crippen LogP contribution in [0.15, 0.2) is 0 Å². The minimum Gasteiger partial charge on any atom is -0.479 e. The summed E-state index contributed by atoms with van der Waals surface area (Å²) in [7, 11) is 0. The molecule has 4 rings (SSSR count). The third-order valence-corrected chi connectivity index (χ3v) is 8.55. The monoisotopic (exact) mass is 723 g/mol. The van der Waals surface area contributed by atoms with Gasteiger partial charge in [-0.1, -0.05) is 0 Å². The zero-order valence-electron chi connectivity index (χ0n) is 25.6. The van der Waals surface area contributed by atoms with Gasteiger partial charge in [0, 0.05) is 6.54 Å². The van der Waals surface area contributed by atoms with Crippen LogP contribution in [0, 0.1) is 0 Å². The van der Waals surface area contributed by atoms with E-state index < -0.39 is 149 Å². The lowest BCUT2D eigenvalue weighted by Gasteiger charge is -2.48. The Morgan fingerprint density at radius 2 is 0.898 bits per heavy atom. The number of aliphatic carboxylic acids is 1. The van der Waals surface area contributed by atoms with Crippen LogP contribution in [0.3, 0.4) is 0 Å². The van der Waals surface area contributed by atoms with Crippen molar-refractivity contribution >= 4 is 5.97 Å². The van der Waals surface area contributed by atoms with Crippen LogP contribution in [-0.4, -0.2) is 228 Å². The Labute approximate surface area is 277 Å². The first-order chi connectivity index (χ1) is 23.2. The van der Waals surface area contributed by atoms with Gasteiger partial charge in [0.1, 0.15) is 91.6 Å². The molecule has 0 bridgehead atoms. The number of carboxylic acids is 1. The number of aliphatic hydroxyl groups is 12. The summed E-state index contributed by atoms with van der Waals surface area (Å²) >= 11 is 0. The number of hydrogen-bond donors (Lipinski definition) is 14. The molecule has 0 saturated carbocycles. The first-order valence-corrected chi connectivity index (χ1v) is 15.3. The molecule has 286 valence electrons. The van der Waals surface area contributed by atoms with Gasteiger partial charge in [0.2, 0.25) is 0 Å². The Bertz CT molecular complexity index is 1040. The predicted molar refractivity (Wildman–Crippen MR) is 147 cm³/mol. The molecule has 4 fully saturated rings. The van der Waals surface area contributed by atoms with Crippen molar-refractivity contribution < 1.29 is 109 Å². The van der Waals surface area contributed by atoms with E-state index >= 15 is 0 Å². The van der Waals surface area contributed by atoms with Gasteiger partial charge >= 0.3 is 5.97 Å². The van der Waals surface area contributed by atoms with Crippen molar-refractivity contribution in [2.24, 2.45) is 5.73 Å². The van der Waals surface area contributed by atoms with Crippen molar-refractivity contribution in [3.63, 3.8) is 0 Å². The highest BCUT2D eigenvalue weighted by molar-refractivity contribution is 5.73. The van der Waals surface area contributed by atoms with E-state index in [9.17, 15) is 71.2 Å². The Kier molecular flexibility index (Phi) is 14.4. The maximum Gasteiger partial charge on any atom is 0.335 e. The summed E-state index contributed by atoms with van der Waals surface area (Å²) in [6.45, 7) is -2.64. The van der Waals surface area contributed by atoms with Crippen LogP contribution in [0.4, 0.5) is 0 Å². The summed E-state index contributed by atoms with van der Waals surface area (Å²) < 4.78 is 43.0. The third kappa shape index (κ3) is 8.48. The van der Waals surface area contributed by atoms with Crippen LogP contribution in [-0.2, 0) is 42.7 Å². The molecule has 4 aliphatic heterocycles. The first kappa shape index (κ1) is 40.4. The van der Waals surface area contributed by atoms with Gasteiger partial charge in [-0.05, 0) is 0 Å². The number of ether oxygens (including phenoxy) is 8. The van der Waals surface area contributed by atoms with Gasteiger partial charge in [-0.25, -0.2) is 4.79 Å². The zero-order valence-corrected chi connectivity index (χ0v) is 25.6. The number of rotatable bonds is 13. The average Bonchev–Trinajstić information content (AvgIpc) is 3.08. The summed E-state index contributed by atoms with van der Waals surface area (Å²) in [5.74, 6) is -1.80. The van der Waals surface area contributed by atoms with E-state index in [-0.39, 0.29) is 13.2 Å². The number of carbonyl (C=O) groups is 1. The van der Waals surface area contributed by atoms with E-state index in [4.69, 9.17) is 43.6 Å². The molecule has 4 heterocycles. The van der Waals surface area contributed by atoms with Crippen molar-refractivity contribution in [1.82, 2.24) is 0 Å². The molecule has 4 saturated heterocycles. The van der Waals surface area contributed by atoms with E-state index in [1.54, 1.807) is 0 Å². The second-order valence-corrected chi connectivity index (χ2v) is 11.8. The molecule has 23 heteroatoms. The van der Waals surface area contributed by atoms with Gasteiger partial charge in [-0.3, -0.25) is 0 Å². The lowest BCUT2D eigenvalue weighted by Crippen LogP contribution is -2.68. The normalized spacial score (nSPS) is 49.5. The number of hydrogen-bond acceptors (Lipinski definition) is 22. The zero-order chi connectivity index (χ0) is 36.3. The molecule has 23 nitrogen and oxygen atoms in total. The molecule has 0 unspecified atom stereocenters. The Hall–Kier alpha value is -1.37. The second kappa shape index (κ2) is 17.4. The summed E-state index contributed by atoms with van der Waals surface area (Å²) in [6.07, 6.45) is -37.1. The SMILES string of the molecule is NCCO[C@@H]1O[C@H](CO)[C@@H](O[C@@H]2O[C@H](C(=O)O)[C@@H](O[C@H]3O[C@H](CO)[C@H](O[C@H]4O[C@H](CO)[C@@H](O)[C@H](O)[C@H]4O)[C@H](O)[C@H]3O)[C@H](O)[C@H]2O)[C@H](O)[C@H]1O. The fourth-order valence-electron chi connectivity index (χ4n) is 5.82. The molecule has 0 aromatic heterocycles. The molecule has 20 atom stereocenters. The van der Waals surface area contributed by atoms with E-state index in [0.29, 0.717) is 0 Å². The molecule has 0 aliphatic carbocycles. The molecule has 0 radical (unpaired) electrons. The average molecular weight is 724 g/mol. The van der Waals surface area contributed by atoms with Crippen molar-refractivity contribution in [1.29, 1.82) is 0 Å². The van der Waals surface area contributed by atoms with Crippen LogP contribution in [0.25, 0.3) is 0 Å². The second-order valence-electron chi connectivity index (χ2n) is 11.8. The maximum atomic E-state index is 12.2. The molecule has 15 N–H and O–H groups in total. The highest BCUT2D eigenvalue weighted by Crippen LogP contribution is 2.34. The van der Waals surface area contributed by atoms with Gasteiger partial charge in [0.05, 0.1) is 26.4 Å². The third-order valence-electron chi connectivity index (χ3n) is 8.55. The lowest BCUT2D eigenvalue weighted by molar-refractivity contribution is -0.385. The van der Waals surface area contributed by atoms with Crippen molar-refractivity contribution in [2.75, 3.05) is 33.0 Å². The van der Waals surface area contributed by atoms with Gasteiger partial charge < -0.3 is 110 Å². The van der Waals surface area contributed by atoms with Gasteiger partial charge in [0.25, 0.3) is 0 Å². The number of aliphatic hydroxyl groups excluding tert-OH is 12. The summed E-state index contributed by atoms with van der Waals surface area (Å²) in [4.78, 5) is 12.2. The van der Waals surface area contributed by atoms with Gasteiger partial charge in [-0.15, -0.1) is 0 Å². The lowest BCUT2D eigenvalue weighted by atomic mass is 9.95. The van der Waals surface area contributed by atoms with Crippen LogP contribution >= 0.6 is 0 Å². The molecule has 0 aromatic rings. The number of nitrogens with two attached hydrogens (primary N) is 1. The van der Waals surface area contributed by atoms with Crippen molar-refractivity contribution in [2.45, 2.75) is 123 Å². The standard InChI is InChI=1S/C26H45NO22/c27-1-2-42-23-15(37)11(33)18(7(4-29)44-23)47-26-17(39)13(35)20(21(49-26)22(40)41)48-25-16(38)12(34)19(8(5-30)45-25)46-24-14(36)10(32)9(31)6(3-28)43-24/h6-21,23-26,28-39H,1-5,27H2,(H,40,41)/t6-,7-,8-,9-,10+,11-,12-,13-,14-,15-,16-,17-,18-,19+,20+,21+,23-,24-,25-,26-/m1/s1. The summed E-state index contributed by atoms with van der Waals surface area (Å²) in [6, 6.07) is 0. The summed E-state index contributed by atoms with van der Waals surface area (Å²) in [5.41, 5.74) is 5.36. The van der Waals surface area contributed by atoms with Crippen LogP contribution in [0.5, 0.6) is 0 Å². The topological polar surface area (TPSA) is 380 Å². The maximum absolute atomic E-state index is 12.2. The molecule has 0 amide bonds. The van der Waals surface area contributed by atoms with E-state index in [1.165, 1.54) is 0 Å². The van der Waals surface area contributed by atoms with Crippen molar-refractivity contribution in [3.8, 4) is 0 Å². The van der Waals surface area contributed by atoms with Crippen LogP contribution in [0.2, 0.25) is 0 Å². The Balaban J connectivity index is 1.45. The van der Waals surface area contributed by atoms with E-state index in [2.05, 4.69) is 0 Å². The van der Waals surface area contributed by atoms with E-state index in [1.807, 2.05) is 0 Å². The summed E-state index contributed by atoms with van der Waals surface area (Å²) in [5, 5.41) is 134. The Morgan fingerprint density at radius 1 is 0.510 bits per heavy atom. The quantitative estimate of drug-likeness (QED) is 0.0838. The first-order valence-electron chi connectivity index (χ1n) is 15.3. The molecular formula is C26H45NO22. The molecule has 4 aliphatic rings. The largest absolute Gasteiger partial charge is 0.479 e. The molecule has 49 heavy (non-hydrogen) atoms. The van der Waals surface area contributed by atoms with Crippen LogP contribution in [0.1, 0.15) is 0 Å². The fraction of sp³-hybridized carbons (Fsp3) is 0.962. The van der Waals surface area contributed by atoms with Crippen LogP contribution < -0.4 is 5.73 Å². The highest BCUT2D eigenvalue weighted by Gasteiger charge is 2.56. The Morgan fingerprint density at radius 3 is 1.37 bits per heavy atom.